The molecule has 0 aliphatic carbocycles. The van der Waals surface area contributed by atoms with Crippen molar-refractivity contribution in [1.82, 2.24) is 0 Å². The second-order valence-electron chi connectivity index (χ2n) is 4.29. The molecule has 100 valence electrons. The molecule has 0 saturated heterocycles. The monoisotopic (exact) mass is 276 g/mol. The molecule has 0 aliphatic rings. The molecule has 19 heavy (non-hydrogen) atoms. The zero-order chi connectivity index (χ0) is 13.8. The first-order valence-electron chi connectivity index (χ1n) is 6.04. The zero-order valence-electron chi connectivity index (χ0n) is 11.0. The van der Waals surface area contributed by atoms with Crippen LogP contribution in [0.25, 0.3) is 0 Å². The van der Waals surface area contributed by atoms with Crippen LogP contribution < -0.4 is 15.8 Å². The lowest BCUT2D eigenvalue weighted by Gasteiger charge is -2.14. The Hall–Kier alpha value is -1.87. The lowest BCUT2D eigenvalue weighted by atomic mass is 10.1. The van der Waals surface area contributed by atoms with E-state index < -0.39 is 0 Å². The Morgan fingerprint density at radius 3 is 2.68 bits per heavy atom. The highest BCUT2D eigenvalue weighted by Gasteiger charge is 2.08. The van der Waals surface area contributed by atoms with Crippen LogP contribution >= 0.6 is 11.6 Å². The number of methoxy groups -OCH3 is 1. The Labute approximate surface area is 118 Å². The molecule has 0 aliphatic heterocycles. The van der Waals surface area contributed by atoms with Crippen LogP contribution in [0.3, 0.4) is 0 Å². The smallest absolute Gasteiger partial charge is 0.125 e. The van der Waals surface area contributed by atoms with Gasteiger partial charge in [-0.1, -0.05) is 23.7 Å². The fourth-order valence-corrected chi connectivity index (χ4v) is 2.16. The second kappa shape index (κ2) is 5.85. The molecule has 0 atom stereocenters. The van der Waals surface area contributed by atoms with E-state index in [1.54, 1.807) is 7.11 Å². The summed E-state index contributed by atoms with van der Waals surface area (Å²) < 4.78 is 5.32. The van der Waals surface area contributed by atoms with Gasteiger partial charge in [-0.2, -0.15) is 0 Å². The van der Waals surface area contributed by atoms with Gasteiger partial charge in [-0.15, -0.1) is 0 Å². The molecule has 2 aromatic carbocycles. The first-order chi connectivity index (χ1) is 9.13. The van der Waals surface area contributed by atoms with Crippen molar-refractivity contribution in [3.05, 3.63) is 52.5 Å². The number of hydrogen-bond acceptors (Lipinski definition) is 3. The lowest BCUT2D eigenvalue weighted by Crippen LogP contribution is -2.04. The predicted octanol–water partition coefficient (Wildman–Crippen LogP) is 3.85. The van der Waals surface area contributed by atoms with Gasteiger partial charge in [-0.3, -0.25) is 0 Å². The largest absolute Gasteiger partial charge is 0.496 e. The summed E-state index contributed by atoms with van der Waals surface area (Å²) in [7, 11) is 1.64. The van der Waals surface area contributed by atoms with Gasteiger partial charge in [0.2, 0.25) is 0 Å². The molecule has 0 unspecified atom stereocenters. The lowest BCUT2D eigenvalue weighted by molar-refractivity contribution is 0.410. The fraction of sp³-hybridized carbons (Fsp3) is 0.200. The Bertz CT molecular complexity index is 584. The molecule has 2 rings (SSSR count). The minimum absolute atomic E-state index is 0.590. The third kappa shape index (κ3) is 2.93. The maximum atomic E-state index is 6.20. The number of nitrogen functional groups attached to an aromatic ring is 1. The molecule has 0 aromatic heterocycles. The van der Waals surface area contributed by atoms with E-state index in [2.05, 4.69) is 5.32 Å². The molecular formula is C15H17ClN2O. The molecule has 4 heteroatoms. The number of ether oxygens (including phenoxy) is 1. The Kier molecular flexibility index (Phi) is 4.17. The van der Waals surface area contributed by atoms with E-state index in [0.717, 1.165) is 28.3 Å². The summed E-state index contributed by atoms with van der Waals surface area (Å²) >= 11 is 6.20. The summed E-state index contributed by atoms with van der Waals surface area (Å²) in [6, 6.07) is 11.4. The summed E-state index contributed by atoms with van der Waals surface area (Å²) in [4.78, 5) is 0. The van der Waals surface area contributed by atoms with E-state index in [4.69, 9.17) is 22.1 Å². The molecular weight excluding hydrogens is 260 g/mol. The molecule has 0 heterocycles. The maximum absolute atomic E-state index is 6.20. The van der Waals surface area contributed by atoms with Crippen LogP contribution in [0.4, 0.5) is 11.4 Å². The Balaban J connectivity index is 2.21. The zero-order valence-corrected chi connectivity index (χ0v) is 11.8. The van der Waals surface area contributed by atoms with Crippen LogP contribution in [0.5, 0.6) is 5.75 Å². The van der Waals surface area contributed by atoms with Crippen molar-refractivity contribution in [2.45, 2.75) is 13.5 Å². The average molecular weight is 277 g/mol. The molecule has 3 N–H and O–H groups in total. The molecule has 3 nitrogen and oxygen atoms in total. The first-order valence-corrected chi connectivity index (χ1v) is 6.41. The van der Waals surface area contributed by atoms with Crippen LogP contribution in [0.2, 0.25) is 5.02 Å². The van der Waals surface area contributed by atoms with Crippen molar-refractivity contribution in [1.29, 1.82) is 0 Å². The van der Waals surface area contributed by atoms with Crippen molar-refractivity contribution in [3.63, 3.8) is 0 Å². The van der Waals surface area contributed by atoms with Crippen molar-refractivity contribution >= 4 is 23.0 Å². The van der Waals surface area contributed by atoms with Gasteiger partial charge >= 0.3 is 0 Å². The minimum Gasteiger partial charge on any atom is -0.496 e. The van der Waals surface area contributed by atoms with Gasteiger partial charge in [0.05, 0.1) is 7.11 Å². The predicted molar refractivity (Wildman–Crippen MR) is 80.9 cm³/mol. The third-order valence-electron chi connectivity index (χ3n) is 3.13. The van der Waals surface area contributed by atoms with Crippen LogP contribution in [0, 0.1) is 6.92 Å². The number of rotatable bonds is 4. The number of nitrogens with two attached hydrogens (primary N) is 1. The molecule has 0 amide bonds. The van der Waals surface area contributed by atoms with Gasteiger partial charge in [0.25, 0.3) is 0 Å². The van der Waals surface area contributed by atoms with E-state index in [1.165, 1.54) is 0 Å². The van der Waals surface area contributed by atoms with Gasteiger partial charge in [-0.05, 0) is 36.8 Å². The summed E-state index contributed by atoms with van der Waals surface area (Å²) in [5.41, 5.74) is 9.63. The molecule has 0 radical (unpaired) electrons. The number of nitrogens with one attached hydrogen (secondary N) is 1. The van der Waals surface area contributed by atoms with Crippen molar-refractivity contribution in [2.75, 3.05) is 18.2 Å². The standard InChI is InChI=1S/C15H17ClN2O/c1-10-13(17)6-4-7-14(10)18-9-11-12(16)5-3-8-15(11)19-2/h3-8,18H,9,17H2,1-2H3. The molecule has 0 fully saturated rings. The van der Waals surface area contributed by atoms with Gasteiger partial charge < -0.3 is 15.8 Å². The maximum Gasteiger partial charge on any atom is 0.125 e. The van der Waals surface area contributed by atoms with E-state index in [1.807, 2.05) is 43.3 Å². The summed E-state index contributed by atoms with van der Waals surface area (Å²) in [5.74, 6) is 0.779. The number of hydrogen-bond donors (Lipinski definition) is 2. The van der Waals surface area contributed by atoms with Gasteiger partial charge in [0.15, 0.2) is 0 Å². The molecule has 2 aromatic rings. The minimum atomic E-state index is 0.590. The third-order valence-corrected chi connectivity index (χ3v) is 3.48. The van der Waals surface area contributed by atoms with Crippen molar-refractivity contribution in [3.8, 4) is 5.75 Å². The van der Waals surface area contributed by atoms with Crippen LogP contribution in [0.15, 0.2) is 36.4 Å². The normalized spacial score (nSPS) is 10.3. The van der Waals surface area contributed by atoms with Gasteiger partial charge in [0.1, 0.15) is 5.75 Å². The highest BCUT2D eigenvalue weighted by atomic mass is 35.5. The average Bonchev–Trinajstić information content (AvgIpc) is 2.41. The van der Waals surface area contributed by atoms with E-state index in [-0.39, 0.29) is 0 Å². The summed E-state index contributed by atoms with van der Waals surface area (Å²) in [6.45, 7) is 2.58. The van der Waals surface area contributed by atoms with Crippen LogP contribution in [-0.4, -0.2) is 7.11 Å². The van der Waals surface area contributed by atoms with Crippen LogP contribution in [0.1, 0.15) is 11.1 Å². The Morgan fingerprint density at radius 1 is 1.21 bits per heavy atom. The van der Waals surface area contributed by atoms with Gasteiger partial charge in [0, 0.05) is 28.5 Å². The fourth-order valence-electron chi connectivity index (χ4n) is 1.93. The van der Waals surface area contributed by atoms with Gasteiger partial charge in [-0.25, -0.2) is 0 Å². The van der Waals surface area contributed by atoms with E-state index in [9.17, 15) is 0 Å². The number of anilines is 2. The molecule has 0 bridgehead atoms. The van der Waals surface area contributed by atoms with Crippen LogP contribution in [-0.2, 0) is 6.54 Å². The SMILES string of the molecule is COc1cccc(Cl)c1CNc1cccc(N)c1C. The molecule has 0 saturated carbocycles. The van der Waals surface area contributed by atoms with E-state index >= 15 is 0 Å². The number of halogens is 1. The quantitative estimate of drug-likeness (QED) is 0.834. The summed E-state index contributed by atoms with van der Waals surface area (Å²) in [6.07, 6.45) is 0. The van der Waals surface area contributed by atoms with Crippen molar-refractivity contribution in [2.24, 2.45) is 0 Å². The first kappa shape index (κ1) is 13.6. The summed E-state index contributed by atoms with van der Waals surface area (Å²) in [5, 5.41) is 4.03. The Morgan fingerprint density at radius 2 is 1.95 bits per heavy atom. The van der Waals surface area contributed by atoms with Crippen molar-refractivity contribution < 1.29 is 4.74 Å². The highest BCUT2D eigenvalue weighted by Crippen LogP contribution is 2.28. The second-order valence-corrected chi connectivity index (χ2v) is 4.70. The highest BCUT2D eigenvalue weighted by molar-refractivity contribution is 6.31. The molecule has 0 spiro atoms. The van der Waals surface area contributed by atoms with E-state index in [0.29, 0.717) is 11.6 Å². The topological polar surface area (TPSA) is 47.3 Å². The number of benzene rings is 2.